The predicted molar refractivity (Wildman–Crippen MR) is 106 cm³/mol. The molecule has 0 saturated heterocycles. The van der Waals surface area contributed by atoms with Crippen molar-refractivity contribution in [2.24, 2.45) is 0 Å². The highest BCUT2D eigenvalue weighted by molar-refractivity contribution is 6.30. The second-order valence-electron chi connectivity index (χ2n) is 5.68. The van der Waals surface area contributed by atoms with Gasteiger partial charge in [-0.3, -0.25) is 4.79 Å². The molecule has 0 radical (unpaired) electrons. The third kappa shape index (κ3) is 5.50. The zero-order chi connectivity index (χ0) is 18.2. The maximum Gasteiger partial charge on any atom is 0.248 e. The van der Waals surface area contributed by atoms with Gasteiger partial charge >= 0.3 is 0 Å². The summed E-state index contributed by atoms with van der Waals surface area (Å²) in [7, 11) is 0. The van der Waals surface area contributed by atoms with Crippen molar-refractivity contribution >= 4 is 29.3 Å². The molecule has 3 rings (SSSR count). The average molecular weight is 364 g/mol. The molecular weight excluding hydrogens is 346 g/mol. The number of nitrogens with one attached hydrogen (secondary N) is 1. The highest BCUT2D eigenvalue weighted by Crippen LogP contribution is 2.17. The van der Waals surface area contributed by atoms with Crippen LogP contribution in [0, 0.1) is 0 Å². The zero-order valence-electron chi connectivity index (χ0n) is 14.1. The van der Waals surface area contributed by atoms with Crippen LogP contribution in [-0.2, 0) is 11.4 Å². The van der Waals surface area contributed by atoms with Gasteiger partial charge in [-0.15, -0.1) is 0 Å². The van der Waals surface area contributed by atoms with Gasteiger partial charge in [0.25, 0.3) is 0 Å². The second-order valence-corrected chi connectivity index (χ2v) is 6.12. The fourth-order valence-electron chi connectivity index (χ4n) is 2.37. The third-order valence-corrected chi connectivity index (χ3v) is 3.86. The lowest BCUT2D eigenvalue weighted by molar-refractivity contribution is -0.111. The summed E-state index contributed by atoms with van der Waals surface area (Å²) >= 11 is 5.91. The highest BCUT2D eigenvalue weighted by Gasteiger charge is 2.00. The first kappa shape index (κ1) is 17.8. The molecule has 3 aromatic rings. The number of rotatable bonds is 6. The van der Waals surface area contributed by atoms with Crippen molar-refractivity contribution in [1.29, 1.82) is 0 Å². The van der Waals surface area contributed by atoms with Gasteiger partial charge in [0.05, 0.1) is 0 Å². The first-order chi connectivity index (χ1) is 12.7. The molecule has 0 aliphatic heterocycles. The van der Waals surface area contributed by atoms with Crippen molar-refractivity contribution in [2.75, 3.05) is 5.32 Å². The van der Waals surface area contributed by atoms with E-state index in [2.05, 4.69) is 5.32 Å². The summed E-state index contributed by atoms with van der Waals surface area (Å²) in [6.45, 7) is 0.503. The van der Waals surface area contributed by atoms with E-state index in [0.717, 1.165) is 16.9 Å². The Bertz CT molecular complexity index is 907. The summed E-state index contributed by atoms with van der Waals surface area (Å²) in [6.07, 6.45) is 3.23. The van der Waals surface area contributed by atoms with E-state index < -0.39 is 0 Å². The van der Waals surface area contributed by atoms with E-state index in [9.17, 15) is 4.79 Å². The van der Waals surface area contributed by atoms with Gasteiger partial charge in [0.15, 0.2) is 0 Å². The van der Waals surface area contributed by atoms with Crippen LogP contribution in [0.4, 0.5) is 5.69 Å². The van der Waals surface area contributed by atoms with Gasteiger partial charge in [-0.05, 0) is 47.5 Å². The average Bonchev–Trinajstić information content (AvgIpc) is 2.66. The Labute approximate surface area is 157 Å². The maximum absolute atomic E-state index is 12.0. The van der Waals surface area contributed by atoms with E-state index in [0.29, 0.717) is 17.3 Å². The van der Waals surface area contributed by atoms with Gasteiger partial charge in [-0.2, -0.15) is 0 Å². The molecule has 0 aromatic heterocycles. The number of benzene rings is 3. The summed E-state index contributed by atoms with van der Waals surface area (Å²) in [5.74, 6) is 0.536. The topological polar surface area (TPSA) is 38.3 Å². The van der Waals surface area contributed by atoms with Gasteiger partial charge < -0.3 is 10.1 Å². The molecule has 1 N–H and O–H groups in total. The molecule has 0 fully saturated rings. The molecule has 4 heteroatoms. The molecule has 0 atom stereocenters. The van der Waals surface area contributed by atoms with Crippen molar-refractivity contribution in [1.82, 2.24) is 0 Å². The minimum Gasteiger partial charge on any atom is -0.489 e. The SMILES string of the molecule is O=C(/C=C/c1cccc(OCc2ccccc2)c1)Nc1cccc(Cl)c1. The first-order valence-corrected chi connectivity index (χ1v) is 8.58. The van der Waals surface area contributed by atoms with Crippen LogP contribution in [-0.4, -0.2) is 5.91 Å². The summed E-state index contributed by atoms with van der Waals surface area (Å²) < 4.78 is 5.80. The molecular formula is C22H18ClNO2. The molecule has 0 aliphatic rings. The van der Waals surface area contributed by atoms with Gasteiger partial charge in [0.1, 0.15) is 12.4 Å². The molecule has 3 nitrogen and oxygen atoms in total. The van der Waals surface area contributed by atoms with Crippen LogP contribution in [0.5, 0.6) is 5.75 Å². The number of amides is 1. The monoisotopic (exact) mass is 363 g/mol. The minimum absolute atomic E-state index is 0.220. The van der Waals surface area contributed by atoms with Crippen molar-refractivity contribution in [2.45, 2.75) is 6.61 Å². The van der Waals surface area contributed by atoms with Gasteiger partial charge in [0.2, 0.25) is 5.91 Å². The largest absolute Gasteiger partial charge is 0.489 e. The number of carbonyl (C=O) groups excluding carboxylic acids is 1. The molecule has 0 saturated carbocycles. The number of carbonyl (C=O) groups is 1. The Morgan fingerprint density at radius 3 is 2.58 bits per heavy atom. The van der Waals surface area contributed by atoms with Gasteiger partial charge in [-0.1, -0.05) is 60.1 Å². The maximum atomic E-state index is 12.0. The Morgan fingerprint density at radius 2 is 1.77 bits per heavy atom. The van der Waals surface area contributed by atoms with Crippen LogP contribution in [0.2, 0.25) is 5.02 Å². The van der Waals surface area contributed by atoms with Gasteiger partial charge in [0, 0.05) is 16.8 Å². The minimum atomic E-state index is -0.220. The molecule has 0 unspecified atom stereocenters. The zero-order valence-corrected chi connectivity index (χ0v) is 14.8. The molecule has 130 valence electrons. The van der Waals surface area contributed by atoms with E-state index in [1.54, 1.807) is 30.3 Å². The molecule has 0 aliphatic carbocycles. The van der Waals surface area contributed by atoms with E-state index in [1.165, 1.54) is 6.08 Å². The molecule has 0 heterocycles. The van der Waals surface area contributed by atoms with Crippen LogP contribution in [0.15, 0.2) is 84.9 Å². The molecule has 3 aromatic carbocycles. The Kier molecular flexibility index (Phi) is 6.07. The normalized spacial score (nSPS) is 10.7. The standard InChI is InChI=1S/C22H18ClNO2/c23-19-9-5-10-20(15-19)24-22(25)13-12-17-8-4-11-21(14-17)26-16-18-6-2-1-3-7-18/h1-15H,16H2,(H,24,25)/b13-12+. The fraction of sp³-hybridized carbons (Fsp3) is 0.0455. The van der Waals surface area contributed by atoms with Gasteiger partial charge in [-0.25, -0.2) is 0 Å². The Hall–Kier alpha value is -3.04. The quantitative estimate of drug-likeness (QED) is 0.581. The number of halogens is 1. The lowest BCUT2D eigenvalue weighted by Gasteiger charge is -2.07. The van der Waals surface area contributed by atoms with Crippen molar-refractivity contribution in [3.63, 3.8) is 0 Å². The van der Waals surface area contributed by atoms with Crippen molar-refractivity contribution in [3.05, 3.63) is 101 Å². The number of anilines is 1. The molecule has 0 bridgehead atoms. The van der Waals surface area contributed by atoms with Crippen LogP contribution in [0.3, 0.4) is 0 Å². The van der Waals surface area contributed by atoms with E-state index in [-0.39, 0.29) is 5.91 Å². The summed E-state index contributed by atoms with van der Waals surface area (Å²) in [4.78, 5) is 12.0. The predicted octanol–water partition coefficient (Wildman–Crippen LogP) is 5.57. The molecule has 1 amide bonds. The van der Waals surface area contributed by atoms with Crippen LogP contribution < -0.4 is 10.1 Å². The van der Waals surface area contributed by atoms with E-state index >= 15 is 0 Å². The van der Waals surface area contributed by atoms with Crippen molar-refractivity contribution in [3.8, 4) is 5.75 Å². The summed E-state index contributed by atoms with van der Waals surface area (Å²) in [6, 6.07) is 24.6. The van der Waals surface area contributed by atoms with E-state index in [4.69, 9.17) is 16.3 Å². The third-order valence-electron chi connectivity index (χ3n) is 3.63. The van der Waals surface area contributed by atoms with Crippen LogP contribution in [0.25, 0.3) is 6.08 Å². The molecule has 26 heavy (non-hydrogen) atoms. The Morgan fingerprint density at radius 1 is 0.962 bits per heavy atom. The Balaban J connectivity index is 1.59. The smallest absolute Gasteiger partial charge is 0.248 e. The lowest BCUT2D eigenvalue weighted by atomic mass is 10.2. The molecule has 0 spiro atoms. The second kappa shape index (κ2) is 8.88. The summed E-state index contributed by atoms with van der Waals surface area (Å²) in [5.41, 5.74) is 2.65. The number of hydrogen-bond donors (Lipinski definition) is 1. The van der Waals surface area contributed by atoms with Crippen molar-refractivity contribution < 1.29 is 9.53 Å². The fourth-order valence-corrected chi connectivity index (χ4v) is 2.56. The summed E-state index contributed by atoms with van der Waals surface area (Å²) in [5, 5.41) is 3.35. The number of hydrogen-bond acceptors (Lipinski definition) is 2. The van der Waals surface area contributed by atoms with E-state index in [1.807, 2.05) is 54.6 Å². The number of ether oxygens (including phenoxy) is 1. The lowest BCUT2D eigenvalue weighted by Crippen LogP contribution is -2.07. The highest BCUT2D eigenvalue weighted by atomic mass is 35.5. The van der Waals surface area contributed by atoms with Crippen LogP contribution >= 0.6 is 11.6 Å². The van der Waals surface area contributed by atoms with Crippen LogP contribution in [0.1, 0.15) is 11.1 Å². The first-order valence-electron chi connectivity index (χ1n) is 8.20.